The first kappa shape index (κ1) is 10.9. The molecule has 0 radical (unpaired) electrons. The SMILES string of the molecule is Cc1ccc(C(Br)c2cc(C)cs2)cc1. The summed E-state index contributed by atoms with van der Waals surface area (Å²) >= 11 is 5.55. The first-order valence-corrected chi connectivity index (χ1v) is 6.72. The first-order valence-electron chi connectivity index (χ1n) is 4.92. The van der Waals surface area contributed by atoms with Gasteiger partial charge in [-0.25, -0.2) is 0 Å². The van der Waals surface area contributed by atoms with Crippen molar-refractivity contribution in [3.63, 3.8) is 0 Å². The normalized spacial score (nSPS) is 12.7. The largest absolute Gasteiger partial charge is 0.147 e. The van der Waals surface area contributed by atoms with Crippen LogP contribution < -0.4 is 0 Å². The van der Waals surface area contributed by atoms with Crippen molar-refractivity contribution in [1.82, 2.24) is 0 Å². The minimum atomic E-state index is 0.330. The van der Waals surface area contributed by atoms with Crippen LogP contribution in [0.15, 0.2) is 35.7 Å². The van der Waals surface area contributed by atoms with Crippen molar-refractivity contribution in [2.45, 2.75) is 18.7 Å². The highest BCUT2D eigenvalue weighted by Crippen LogP contribution is 2.34. The van der Waals surface area contributed by atoms with Gasteiger partial charge < -0.3 is 0 Å². The van der Waals surface area contributed by atoms with E-state index in [0.29, 0.717) is 4.83 Å². The number of rotatable bonds is 2. The molecule has 1 heterocycles. The van der Waals surface area contributed by atoms with E-state index in [1.807, 2.05) is 11.3 Å². The predicted molar refractivity (Wildman–Crippen MR) is 71.0 cm³/mol. The fourth-order valence-electron chi connectivity index (χ4n) is 1.49. The lowest BCUT2D eigenvalue weighted by atomic mass is 10.1. The third-order valence-electron chi connectivity index (χ3n) is 2.37. The Balaban J connectivity index is 2.28. The van der Waals surface area contributed by atoms with Crippen LogP contribution in [0.3, 0.4) is 0 Å². The summed E-state index contributed by atoms with van der Waals surface area (Å²) in [5.41, 5.74) is 3.97. The highest BCUT2D eigenvalue weighted by atomic mass is 79.9. The van der Waals surface area contributed by atoms with Gasteiger partial charge in [-0.3, -0.25) is 0 Å². The van der Waals surface area contributed by atoms with Crippen LogP contribution in [0, 0.1) is 13.8 Å². The third kappa shape index (κ3) is 2.50. The Morgan fingerprint density at radius 3 is 2.27 bits per heavy atom. The van der Waals surface area contributed by atoms with Gasteiger partial charge in [0.25, 0.3) is 0 Å². The van der Waals surface area contributed by atoms with Gasteiger partial charge in [0.2, 0.25) is 0 Å². The second-order valence-electron chi connectivity index (χ2n) is 3.80. The van der Waals surface area contributed by atoms with Crippen LogP contribution in [0.4, 0.5) is 0 Å². The molecule has 0 N–H and O–H groups in total. The number of aryl methyl sites for hydroxylation is 2. The van der Waals surface area contributed by atoms with Gasteiger partial charge in [-0.2, -0.15) is 0 Å². The molecule has 0 aliphatic carbocycles. The molecular formula is C13H13BrS. The first-order chi connectivity index (χ1) is 7.16. The molecule has 15 heavy (non-hydrogen) atoms. The Hall–Kier alpha value is -0.600. The van der Waals surface area contributed by atoms with E-state index in [1.54, 1.807) is 0 Å². The molecule has 2 rings (SSSR count). The van der Waals surface area contributed by atoms with Gasteiger partial charge in [0.15, 0.2) is 0 Å². The molecule has 0 spiro atoms. The van der Waals surface area contributed by atoms with Crippen molar-refractivity contribution in [2.24, 2.45) is 0 Å². The fourth-order valence-corrected chi connectivity index (χ4v) is 3.15. The number of thiophene rings is 1. The van der Waals surface area contributed by atoms with E-state index >= 15 is 0 Å². The molecule has 0 nitrogen and oxygen atoms in total. The summed E-state index contributed by atoms with van der Waals surface area (Å²) in [6, 6.07) is 10.9. The van der Waals surface area contributed by atoms with Gasteiger partial charge >= 0.3 is 0 Å². The average Bonchev–Trinajstić information content (AvgIpc) is 2.65. The number of hydrogen-bond donors (Lipinski definition) is 0. The van der Waals surface area contributed by atoms with Gasteiger partial charge in [0, 0.05) is 4.88 Å². The van der Waals surface area contributed by atoms with E-state index in [4.69, 9.17) is 0 Å². The van der Waals surface area contributed by atoms with Crippen LogP contribution in [0.2, 0.25) is 0 Å². The van der Waals surface area contributed by atoms with Crippen molar-refractivity contribution < 1.29 is 0 Å². The average molecular weight is 281 g/mol. The smallest absolute Gasteiger partial charge is 0.0738 e. The molecule has 2 aromatic rings. The Kier molecular flexibility index (Phi) is 3.27. The maximum Gasteiger partial charge on any atom is 0.0738 e. The van der Waals surface area contributed by atoms with E-state index in [1.165, 1.54) is 21.6 Å². The number of benzene rings is 1. The van der Waals surface area contributed by atoms with E-state index in [-0.39, 0.29) is 0 Å². The number of alkyl halides is 1. The van der Waals surface area contributed by atoms with E-state index in [2.05, 4.69) is 65.5 Å². The van der Waals surface area contributed by atoms with Crippen molar-refractivity contribution in [3.05, 3.63) is 57.3 Å². The highest BCUT2D eigenvalue weighted by molar-refractivity contribution is 9.09. The summed E-state index contributed by atoms with van der Waals surface area (Å²) in [6.07, 6.45) is 0. The second-order valence-corrected chi connectivity index (χ2v) is 5.66. The Bertz CT molecular complexity index is 442. The molecule has 1 aromatic carbocycles. The molecule has 78 valence electrons. The minimum absolute atomic E-state index is 0.330. The molecule has 0 saturated carbocycles. The van der Waals surface area contributed by atoms with Crippen LogP contribution >= 0.6 is 27.3 Å². The lowest BCUT2D eigenvalue weighted by Crippen LogP contribution is -1.89. The summed E-state index contributed by atoms with van der Waals surface area (Å²) in [5, 5.41) is 2.19. The number of halogens is 1. The molecule has 0 fully saturated rings. The summed E-state index contributed by atoms with van der Waals surface area (Å²) in [4.78, 5) is 1.70. The van der Waals surface area contributed by atoms with E-state index in [9.17, 15) is 0 Å². The van der Waals surface area contributed by atoms with Crippen LogP contribution in [-0.2, 0) is 0 Å². The Morgan fingerprint density at radius 2 is 1.73 bits per heavy atom. The maximum atomic E-state index is 3.74. The third-order valence-corrected chi connectivity index (χ3v) is 4.81. The molecule has 0 bridgehead atoms. The molecule has 1 aromatic heterocycles. The molecule has 1 atom stereocenters. The summed E-state index contributed by atoms with van der Waals surface area (Å²) in [5.74, 6) is 0. The number of hydrogen-bond acceptors (Lipinski definition) is 1. The van der Waals surface area contributed by atoms with Crippen LogP contribution in [0.5, 0.6) is 0 Å². The summed E-state index contributed by atoms with van der Waals surface area (Å²) in [7, 11) is 0. The zero-order chi connectivity index (χ0) is 10.8. The minimum Gasteiger partial charge on any atom is -0.147 e. The van der Waals surface area contributed by atoms with Gasteiger partial charge in [0.1, 0.15) is 0 Å². The van der Waals surface area contributed by atoms with Crippen LogP contribution in [0.25, 0.3) is 0 Å². The van der Waals surface area contributed by atoms with Crippen LogP contribution in [0.1, 0.15) is 26.4 Å². The van der Waals surface area contributed by atoms with Gasteiger partial charge in [0.05, 0.1) is 4.83 Å². The molecule has 0 aliphatic rings. The Morgan fingerprint density at radius 1 is 1.07 bits per heavy atom. The van der Waals surface area contributed by atoms with Crippen molar-refractivity contribution in [1.29, 1.82) is 0 Å². The lowest BCUT2D eigenvalue weighted by Gasteiger charge is -2.07. The maximum absolute atomic E-state index is 3.74. The molecule has 2 heteroatoms. The molecule has 0 aliphatic heterocycles. The molecule has 1 unspecified atom stereocenters. The Labute approximate surface area is 103 Å². The monoisotopic (exact) mass is 280 g/mol. The fraction of sp³-hybridized carbons (Fsp3) is 0.231. The van der Waals surface area contributed by atoms with Gasteiger partial charge in [-0.1, -0.05) is 45.8 Å². The lowest BCUT2D eigenvalue weighted by molar-refractivity contribution is 1.21. The van der Waals surface area contributed by atoms with Crippen molar-refractivity contribution in [3.8, 4) is 0 Å². The summed E-state index contributed by atoms with van der Waals surface area (Å²) < 4.78 is 0. The second kappa shape index (κ2) is 4.50. The van der Waals surface area contributed by atoms with Gasteiger partial charge in [-0.15, -0.1) is 11.3 Å². The zero-order valence-electron chi connectivity index (χ0n) is 8.83. The molecule has 0 amide bonds. The quantitative estimate of drug-likeness (QED) is 0.690. The molecule has 0 saturated heterocycles. The van der Waals surface area contributed by atoms with Crippen LogP contribution in [-0.4, -0.2) is 0 Å². The predicted octanol–water partition coefficient (Wildman–Crippen LogP) is 4.85. The zero-order valence-corrected chi connectivity index (χ0v) is 11.2. The van der Waals surface area contributed by atoms with Gasteiger partial charge in [-0.05, 0) is 36.4 Å². The van der Waals surface area contributed by atoms with E-state index < -0.39 is 0 Å². The van der Waals surface area contributed by atoms with Crippen molar-refractivity contribution in [2.75, 3.05) is 0 Å². The summed E-state index contributed by atoms with van der Waals surface area (Å²) in [6.45, 7) is 4.25. The van der Waals surface area contributed by atoms with Crippen molar-refractivity contribution >= 4 is 27.3 Å². The highest BCUT2D eigenvalue weighted by Gasteiger charge is 2.11. The standard InChI is InChI=1S/C13H13BrS/c1-9-3-5-11(6-4-9)13(14)12-7-10(2)8-15-12/h3-8,13H,1-2H3. The van der Waals surface area contributed by atoms with E-state index in [0.717, 1.165) is 0 Å². The molecular weight excluding hydrogens is 268 g/mol. The topological polar surface area (TPSA) is 0 Å².